The minimum absolute atomic E-state index is 0.0899. The molecule has 0 atom stereocenters. The summed E-state index contributed by atoms with van der Waals surface area (Å²) in [5.41, 5.74) is 6.39. The highest BCUT2D eigenvalue weighted by atomic mass is 35.5. The van der Waals surface area contributed by atoms with Gasteiger partial charge in [0.25, 0.3) is 0 Å². The molecule has 2 aromatic rings. The van der Waals surface area contributed by atoms with Gasteiger partial charge in [-0.2, -0.15) is 0 Å². The van der Waals surface area contributed by atoms with Crippen molar-refractivity contribution in [1.29, 1.82) is 0 Å². The number of nitrogens with one attached hydrogen (secondary N) is 2. The summed E-state index contributed by atoms with van der Waals surface area (Å²) in [6.45, 7) is 0.0903. The molecule has 4 N–H and O–H groups in total. The third kappa shape index (κ3) is 2.63. The van der Waals surface area contributed by atoms with Crippen molar-refractivity contribution in [3.05, 3.63) is 41.4 Å². The molecule has 1 heterocycles. The third-order valence-corrected chi connectivity index (χ3v) is 4.22. The lowest BCUT2D eigenvalue weighted by molar-refractivity contribution is 0.581. The van der Waals surface area contributed by atoms with Crippen LogP contribution in [0.3, 0.4) is 0 Å². The number of imidazole rings is 1. The standard InChI is InChI=1S/C10H11ClN4O2S/c11-8-2-1-3-9(12)10(8)18(16,17)15-5-7-4-13-6-14-7/h1-4,6,15H,5,12H2,(H,13,14). The molecule has 1 aromatic heterocycles. The number of rotatable bonds is 4. The van der Waals surface area contributed by atoms with E-state index < -0.39 is 10.0 Å². The molecular weight excluding hydrogens is 276 g/mol. The average Bonchev–Trinajstić information content (AvgIpc) is 2.78. The number of hydrogen-bond acceptors (Lipinski definition) is 4. The molecule has 0 aliphatic carbocycles. The molecule has 0 amide bonds. The van der Waals surface area contributed by atoms with Crippen molar-refractivity contribution in [2.75, 3.05) is 5.73 Å². The summed E-state index contributed by atoms with van der Waals surface area (Å²) in [5.74, 6) is 0. The smallest absolute Gasteiger partial charge is 0.244 e. The maximum atomic E-state index is 12.1. The van der Waals surface area contributed by atoms with Gasteiger partial charge in [0, 0.05) is 11.9 Å². The first-order chi connectivity index (χ1) is 8.50. The van der Waals surface area contributed by atoms with Crippen LogP contribution >= 0.6 is 11.6 Å². The number of hydrogen-bond donors (Lipinski definition) is 3. The Balaban J connectivity index is 2.26. The third-order valence-electron chi connectivity index (χ3n) is 2.27. The Morgan fingerprint density at radius 3 is 2.83 bits per heavy atom. The number of nitrogens with zero attached hydrogens (tertiary/aromatic N) is 1. The fourth-order valence-corrected chi connectivity index (χ4v) is 3.11. The molecule has 0 aliphatic heterocycles. The Kier molecular flexibility index (Phi) is 3.55. The highest BCUT2D eigenvalue weighted by Crippen LogP contribution is 2.26. The summed E-state index contributed by atoms with van der Waals surface area (Å²) in [7, 11) is -3.75. The summed E-state index contributed by atoms with van der Waals surface area (Å²) in [4.78, 5) is 6.47. The van der Waals surface area contributed by atoms with Gasteiger partial charge in [0.05, 0.1) is 23.6 Å². The van der Waals surface area contributed by atoms with Crippen molar-refractivity contribution >= 4 is 27.3 Å². The first-order valence-corrected chi connectivity index (χ1v) is 6.88. The van der Waals surface area contributed by atoms with Crippen LogP contribution in [0, 0.1) is 0 Å². The fourth-order valence-electron chi connectivity index (χ4n) is 1.44. The van der Waals surface area contributed by atoms with Crippen molar-refractivity contribution in [3.8, 4) is 0 Å². The molecule has 0 aliphatic rings. The lowest BCUT2D eigenvalue weighted by Crippen LogP contribution is -2.24. The van der Waals surface area contributed by atoms with Crippen LogP contribution in [-0.4, -0.2) is 18.4 Å². The van der Waals surface area contributed by atoms with Crippen LogP contribution in [0.15, 0.2) is 35.6 Å². The Labute approximate surface area is 109 Å². The van der Waals surface area contributed by atoms with E-state index in [1.165, 1.54) is 24.7 Å². The van der Waals surface area contributed by atoms with Crippen molar-refractivity contribution < 1.29 is 8.42 Å². The molecule has 1 aromatic carbocycles. The second kappa shape index (κ2) is 4.97. The van der Waals surface area contributed by atoms with Gasteiger partial charge in [-0.05, 0) is 12.1 Å². The number of nitrogen functional groups attached to an aromatic ring is 1. The molecule has 0 saturated heterocycles. The number of aromatic amines is 1. The highest BCUT2D eigenvalue weighted by molar-refractivity contribution is 7.89. The van der Waals surface area contributed by atoms with Crippen molar-refractivity contribution in [1.82, 2.24) is 14.7 Å². The van der Waals surface area contributed by atoms with Gasteiger partial charge in [-0.15, -0.1) is 0 Å². The summed E-state index contributed by atoms with van der Waals surface area (Å²) >= 11 is 5.86. The number of sulfonamides is 1. The zero-order valence-electron chi connectivity index (χ0n) is 9.22. The van der Waals surface area contributed by atoms with Crippen LogP contribution in [0.2, 0.25) is 5.02 Å². The second-order valence-corrected chi connectivity index (χ2v) is 5.67. The quantitative estimate of drug-likeness (QED) is 0.733. The minimum Gasteiger partial charge on any atom is -0.398 e. The van der Waals surface area contributed by atoms with Gasteiger partial charge in [-0.25, -0.2) is 18.1 Å². The summed E-state index contributed by atoms with van der Waals surface area (Å²) in [6.07, 6.45) is 2.99. The molecule has 18 heavy (non-hydrogen) atoms. The Morgan fingerprint density at radius 1 is 1.44 bits per heavy atom. The molecule has 0 unspecified atom stereocenters. The molecule has 0 fully saturated rings. The summed E-state index contributed by atoms with van der Waals surface area (Å²) in [6, 6.07) is 4.55. The van der Waals surface area contributed by atoms with Crippen LogP contribution in [-0.2, 0) is 16.6 Å². The van der Waals surface area contributed by atoms with E-state index in [4.69, 9.17) is 17.3 Å². The lowest BCUT2D eigenvalue weighted by Gasteiger charge is -2.09. The molecule has 0 spiro atoms. The van der Waals surface area contributed by atoms with Crippen LogP contribution in [0.4, 0.5) is 5.69 Å². The van der Waals surface area contributed by atoms with Crippen molar-refractivity contribution in [3.63, 3.8) is 0 Å². The van der Waals surface area contributed by atoms with Crippen LogP contribution in [0.25, 0.3) is 0 Å². The van der Waals surface area contributed by atoms with Gasteiger partial charge in [0.1, 0.15) is 4.90 Å². The van der Waals surface area contributed by atoms with E-state index in [0.717, 1.165) is 0 Å². The minimum atomic E-state index is -3.75. The van der Waals surface area contributed by atoms with Gasteiger partial charge in [-0.3, -0.25) is 0 Å². The van der Waals surface area contributed by atoms with Crippen LogP contribution in [0.1, 0.15) is 5.69 Å². The first kappa shape index (κ1) is 12.9. The Morgan fingerprint density at radius 2 is 2.22 bits per heavy atom. The fraction of sp³-hybridized carbons (Fsp3) is 0.100. The predicted octanol–water partition coefficient (Wildman–Crippen LogP) is 1.12. The summed E-state index contributed by atoms with van der Waals surface area (Å²) < 4.78 is 26.5. The number of halogens is 1. The Hall–Kier alpha value is -1.57. The highest BCUT2D eigenvalue weighted by Gasteiger charge is 2.20. The van der Waals surface area contributed by atoms with Crippen molar-refractivity contribution in [2.24, 2.45) is 0 Å². The summed E-state index contributed by atoms with van der Waals surface area (Å²) in [5, 5.41) is 0.0899. The molecule has 6 nitrogen and oxygen atoms in total. The zero-order chi connectivity index (χ0) is 13.2. The first-order valence-electron chi connectivity index (χ1n) is 5.01. The number of anilines is 1. The average molecular weight is 287 g/mol. The molecule has 0 bridgehead atoms. The van der Waals surface area contributed by atoms with E-state index in [1.807, 2.05) is 0 Å². The Bertz CT molecular complexity index is 620. The molecule has 0 saturated carbocycles. The second-order valence-electron chi connectivity index (χ2n) is 3.56. The van der Waals surface area contributed by atoms with Gasteiger partial charge in [0.2, 0.25) is 10.0 Å². The van der Waals surface area contributed by atoms with Gasteiger partial charge in [-0.1, -0.05) is 17.7 Å². The number of aromatic nitrogens is 2. The molecule has 2 rings (SSSR count). The van der Waals surface area contributed by atoms with E-state index in [2.05, 4.69) is 14.7 Å². The topological polar surface area (TPSA) is 101 Å². The van der Waals surface area contributed by atoms with E-state index in [1.54, 1.807) is 6.07 Å². The molecular formula is C10H11ClN4O2S. The van der Waals surface area contributed by atoms with E-state index >= 15 is 0 Å². The SMILES string of the molecule is Nc1cccc(Cl)c1S(=O)(=O)NCc1cnc[nH]1. The number of H-pyrrole nitrogens is 1. The number of benzene rings is 1. The normalized spacial score (nSPS) is 11.6. The molecule has 96 valence electrons. The van der Waals surface area contributed by atoms with Gasteiger partial charge in [0.15, 0.2) is 0 Å². The van der Waals surface area contributed by atoms with Gasteiger partial charge < -0.3 is 10.7 Å². The lowest BCUT2D eigenvalue weighted by atomic mass is 10.3. The van der Waals surface area contributed by atoms with Gasteiger partial charge >= 0.3 is 0 Å². The van der Waals surface area contributed by atoms with E-state index in [9.17, 15) is 8.42 Å². The largest absolute Gasteiger partial charge is 0.398 e. The maximum absolute atomic E-state index is 12.1. The molecule has 8 heteroatoms. The number of nitrogens with two attached hydrogens (primary N) is 1. The molecule has 0 radical (unpaired) electrons. The van der Waals surface area contributed by atoms with Crippen molar-refractivity contribution in [2.45, 2.75) is 11.4 Å². The maximum Gasteiger partial charge on any atom is 0.244 e. The van der Waals surface area contributed by atoms with E-state index in [-0.39, 0.29) is 22.2 Å². The van der Waals surface area contributed by atoms with Crippen LogP contribution in [0.5, 0.6) is 0 Å². The van der Waals surface area contributed by atoms with E-state index in [0.29, 0.717) is 5.69 Å². The zero-order valence-corrected chi connectivity index (χ0v) is 10.8. The monoisotopic (exact) mass is 286 g/mol. The van der Waals surface area contributed by atoms with Crippen LogP contribution < -0.4 is 10.5 Å². The predicted molar refractivity (Wildman–Crippen MR) is 68.5 cm³/mol.